The molecule has 3 nitrogen and oxygen atoms in total. The van der Waals surface area contributed by atoms with Crippen LogP contribution >= 0.6 is 11.6 Å². The van der Waals surface area contributed by atoms with Crippen LogP contribution in [0.2, 0.25) is 5.02 Å². The zero-order chi connectivity index (χ0) is 24.9. The van der Waals surface area contributed by atoms with Gasteiger partial charge in [-0.2, -0.15) is 0 Å². The molecule has 35 heavy (non-hydrogen) atoms. The smallest absolute Gasteiger partial charge is 0.146 e. The predicted octanol–water partition coefficient (Wildman–Crippen LogP) is 6.78. The highest BCUT2D eigenvalue weighted by atomic mass is 35.5. The van der Waals surface area contributed by atoms with Gasteiger partial charge in [-0.1, -0.05) is 54.9 Å². The topological polar surface area (TPSA) is 55.5 Å². The van der Waals surface area contributed by atoms with Crippen molar-refractivity contribution in [1.82, 2.24) is 0 Å². The molecule has 3 unspecified atom stereocenters. The van der Waals surface area contributed by atoms with Gasteiger partial charge >= 0.3 is 0 Å². The molecule has 1 aliphatic heterocycles. The van der Waals surface area contributed by atoms with Crippen molar-refractivity contribution in [3.8, 4) is 16.9 Å². The van der Waals surface area contributed by atoms with Crippen LogP contribution in [0, 0.1) is 24.5 Å². The molecule has 5 rings (SSSR count). The minimum Gasteiger partial charge on any atom is -0.482 e. The number of rotatable bonds is 6. The summed E-state index contributed by atoms with van der Waals surface area (Å²) in [5, 5.41) is 10.6. The lowest BCUT2D eigenvalue weighted by molar-refractivity contribution is 0.0793. The number of benzene rings is 3. The largest absolute Gasteiger partial charge is 0.482 e. The van der Waals surface area contributed by atoms with Crippen LogP contribution in [0.25, 0.3) is 11.1 Å². The maximum atomic E-state index is 16.1. The minimum atomic E-state index is -0.902. The van der Waals surface area contributed by atoms with Gasteiger partial charge in [-0.3, -0.25) is 0 Å². The highest BCUT2D eigenvalue weighted by molar-refractivity contribution is 6.34. The number of halogens is 3. The Bertz CT molecular complexity index is 1280. The number of aliphatic hydroxyl groups excluding tert-OH is 1. The average molecular weight is 498 g/mol. The molecule has 3 aromatic rings. The van der Waals surface area contributed by atoms with Gasteiger partial charge in [0, 0.05) is 34.7 Å². The normalized spacial score (nSPS) is 22.7. The summed E-state index contributed by atoms with van der Waals surface area (Å²) in [7, 11) is 0. The molecule has 0 saturated carbocycles. The van der Waals surface area contributed by atoms with Gasteiger partial charge < -0.3 is 15.6 Å². The second-order valence-electron chi connectivity index (χ2n) is 9.99. The van der Waals surface area contributed by atoms with Crippen LogP contribution in [-0.4, -0.2) is 11.7 Å². The van der Waals surface area contributed by atoms with Crippen LogP contribution in [0.15, 0.2) is 42.5 Å². The van der Waals surface area contributed by atoms with Crippen molar-refractivity contribution in [3.05, 3.63) is 86.9 Å². The molecule has 1 heterocycles. The molecule has 0 radical (unpaired) electrons. The summed E-state index contributed by atoms with van der Waals surface area (Å²) in [4.78, 5) is 0. The lowest BCUT2D eigenvalue weighted by atomic mass is 9.82. The molecule has 184 valence electrons. The highest BCUT2D eigenvalue weighted by Gasteiger charge is 2.44. The molecule has 0 aromatic heterocycles. The van der Waals surface area contributed by atoms with E-state index >= 15 is 8.78 Å². The van der Waals surface area contributed by atoms with Crippen molar-refractivity contribution in [3.63, 3.8) is 0 Å². The van der Waals surface area contributed by atoms with E-state index < -0.39 is 23.3 Å². The number of nitrogens with two attached hydrogens (primary N) is 1. The minimum absolute atomic E-state index is 0.0838. The molecule has 3 atom stereocenters. The fraction of sp³-hybridized carbons (Fsp3) is 0.379. The van der Waals surface area contributed by atoms with E-state index in [-0.39, 0.29) is 16.5 Å². The summed E-state index contributed by atoms with van der Waals surface area (Å²) in [5.74, 6) is -0.877. The van der Waals surface area contributed by atoms with Gasteiger partial charge in [-0.15, -0.1) is 0 Å². The van der Waals surface area contributed by atoms with E-state index in [1.165, 1.54) is 6.07 Å². The monoisotopic (exact) mass is 497 g/mol. The van der Waals surface area contributed by atoms with Gasteiger partial charge in [0.05, 0.1) is 11.1 Å². The predicted molar refractivity (Wildman–Crippen MR) is 135 cm³/mol. The Labute approximate surface area is 209 Å². The fourth-order valence-corrected chi connectivity index (χ4v) is 6.10. The quantitative estimate of drug-likeness (QED) is 0.369. The Morgan fingerprint density at radius 1 is 1.14 bits per heavy atom. The molecule has 0 saturated heterocycles. The molecule has 0 spiro atoms. The molecule has 2 aliphatic rings. The van der Waals surface area contributed by atoms with Crippen molar-refractivity contribution in [1.29, 1.82) is 0 Å². The summed E-state index contributed by atoms with van der Waals surface area (Å²) >= 11 is 6.56. The maximum Gasteiger partial charge on any atom is 0.146 e. The zero-order valence-corrected chi connectivity index (χ0v) is 20.8. The average Bonchev–Trinajstić information content (AvgIpc) is 3.34. The Hall–Kier alpha value is -2.47. The standard InChI is InChI=1S/C29H30ClF2NO2/c1-16-12-18-13-17(2)28(34)24(18)27(32)23(16)25-20-15-29(10-6-7-11-33,19-8-4-3-5-9-19)35-22(20)14-21(31)26(25)30/h3-5,8-9,12,14,17,28,34H,6-7,10-11,13,15,33H2,1-2H3. The number of aliphatic hydroxyl groups is 1. The van der Waals surface area contributed by atoms with Crippen molar-refractivity contribution in [2.45, 2.75) is 57.7 Å². The number of hydrogen-bond donors (Lipinski definition) is 2. The van der Waals surface area contributed by atoms with Crippen LogP contribution in [0.4, 0.5) is 8.78 Å². The molecular formula is C29H30ClF2NO2. The second-order valence-corrected chi connectivity index (χ2v) is 10.4. The zero-order valence-electron chi connectivity index (χ0n) is 20.0. The van der Waals surface area contributed by atoms with Crippen LogP contribution in [0.5, 0.6) is 5.75 Å². The lowest BCUT2D eigenvalue weighted by Crippen LogP contribution is -2.31. The van der Waals surface area contributed by atoms with E-state index in [1.807, 2.05) is 50.2 Å². The summed E-state index contributed by atoms with van der Waals surface area (Å²) in [5.41, 5.74) is 9.01. The molecule has 1 aliphatic carbocycles. The number of unbranched alkanes of at least 4 members (excludes halogenated alkanes) is 1. The Kier molecular flexibility index (Phi) is 6.37. The van der Waals surface area contributed by atoms with E-state index in [1.54, 1.807) is 0 Å². The molecule has 0 fully saturated rings. The summed E-state index contributed by atoms with van der Waals surface area (Å²) < 4.78 is 37.8. The van der Waals surface area contributed by atoms with Gasteiger partial charge in [-0.25, -0.2) is 8.78 Å². The SMILES string of the molecule is Cc1cc2c(c(F)c1-c1c(Cl)c(F)cc3c1CC(CCCCN)(c1ccccc1)O3)C(O)C(C)C2. The Morgan fingerprint density at radius 2 is 1.89 bits per heavy atom. The van der Waals surface area contributed by atoms with Crippen LogP contribution < -0.4 is 10.5 Å². The van der Waals surface area contributed by atoms with Crippen LogP contribution in [0.3, 0.4) is 0 Å². The van der Waals surface area contributed by atoms with Crippen molar-refractivity contribution in [2.75, 3.05) is 6.54 Å². The van der Waals surface area contributed by atoms with Gasteiger partial charge in [-0.05, 0) is 61.8 Å². The third-order valence-electron chi connectivity index (χ3n) is 7.60. The molecular weight excluding hydrogens is 468 g/mol. The van der Waals surface area contributed by atoms with Crippen molar-refractivity contribution in [2.24, 2.45) is 11.7 Å². The lowest BCUT2D eigenvalue weighted by Gasteiger charge is -2.29. The highest BCUT2D eigenvalue weighted by Crippen LogP contribution is 2.52. The Balaban J connectivity index is 1.69. The number of hydrogen-bond acceptors (Lipinski definition) is 3. The number of fused-ring (bicyclic) bond motifs is 2. The molecule has 6 heteroatoms. The summed E-state index contributed by atoms with van der Waals surface area (Å²) in [6, 6.07) is 13.1. The van der Waals surface area contributed by atoms with Crippen LogP contribution in [0.1, 0.15) is 60.1 Å². The number of aryl methyl sites for hydroxylation is 1. The second kappa shape index (κ2) is 9.20. The van der Waals surface area contributed by atoms with E-state index in [0.717, 1.165) is 24.0 Å². The first-order chi connectivity index (χ1) is 16.8. The van der Waals surface area contributed by atoms with Crippen molar-refractivity contribution >= 4 is 11.6 Å². The molecule has 3 aromatic carbocycles. The maximum absolute atomic E-state index is 16.1. The number of ether oxygens (including phenoxy) is 1. The molecule has 0 bridgehead atoms. The first-order valence-corrected chi connectivity index (χ1v) is 12.6. The van der Waals surface area contributed by atoms with Crippen molar-refractivity contribution < 1.29 is 18.6 Å². The van der Waals surface area contributed by atoms with Crippen LogP contribution in [-0.2, 0) is 18.4 Å². The van der Waals surface area contributed by atoms with Gasteiger partial charge in [0.25, 0.3) is 0 Å². The Morgan fingerprint density at radius 3 is 2.60 bits per heavy atom. The molecule has 0 amide bonds. The van der Waals surface area contributed by atoms with E-state index in [4.69, 9.17) is 22.1 Å². The van der Waals surface area contributed by atoms with Gasteiger partial charge in [0.15, 0.2) is 0 Å². The first kappa shape index (κ1) is 24.2. The summed E-state index contributed by atoms with van der Waals surface area (Å²) in [6.07, 6.45) is 2.49. The van der Waals surface area contributed by atoms with E-state index in [2.05, 4.69) is 0 Å². The summed E-state index contributed by atoms with van der Waals surface area (Å²) in [6.45, 7) is 4.28. The first-order valence-electron chi connectivity index (χ1n) is 12.2. The third-order valence-corrected chi connectivity index (χ3v) is 7.97. The van der Waals surface area contributed by atoms with Gasteiger partial charge in [0.1, 0.15) is 23.0 Å². The van der Waals surface area contributed by atoms with Gasteiger partial charge in [0.2, 0.25) is 0 Å². The molecule has 3 N–H and O–H groups in total. The third kappa shape index (κ3) is 3.94. The fourth-order valence-electron chi connectivity index (χ4n) is 5.84. The van der Waals surface area contributed by atoms with E-state index in [0.29, 0.717) is 53.8 Å². The van der Waals surface area contributed by atoms with E-state index in [9.17, 15) is 5.11 Å².